The number of rotatable bonds is 8. The summed E-state index contributed by atoms with van der Waals surface area (Å²) in [6.07, 6.45) is 0.202. The van der Waals surface area contributed by atoms with Gasteiger partial charge in [-0.2, -0.15) is 0 Å². The first kappa shape index (κ1) is 25.6. The lowest BCUT2D eigenvalue weighted by Gasteiger charge is -2.18. The molecule has 10 nitrogen and oxygen atoms in total. The van der Waals surface area contributed by atoms with E-state index >= 15 is 0 Å². The number of carbonyl (C=O) groups excluding carboxylic acids is 2. The van der Waals surface area contributed by atoms with Gasteiger partial charge in [-0.25, -0.2) is 4.79 Å². The van der Waals surface area contributed by atoms with Crippen LogP contribution in [0.2, 0.25) is 0 Å². The van der Waals surface area contributed by atoms with Gasteiger partial charge in [-0.05, 0) is 61.0 Å². The Labute approximate surface area is 216 Å². The van der Waals surface area contributed by atoms with E-state index in [2.05, 4.69) is 15.5 Å². The summed E-state index contributed by atoms with van der Waals surface area (Å²) in [6, 6.07) is 18.2. The van der Waals surface area contributed by atoms with Gasteiger partial charge in [0.1, 0.15) is 6.33 Å². The average Bonchev–Trinajstić information content (AvgIpc) is 3.26. The highest BCUT2D eigenvalue weighted by Gasteiger charge is 2.28. The molecule has 188 valence electrons. The molecule has 37 heavy (non-hydrogen) atoms. The molecule has 0 bridgehead atoms. The number of carbonyl (C=O) groups is 2. The molecule has 0 aliphatic heterocycles. The summed E-state index contributed by atoms with van der Waals surface area (Å²) in [6.45, 7) is 3.83. The topological polar surface area (TPSA) is 129 Å². The molecule has 0 radical (unpaired) electrons. The Bertz CT molecular complexity index is 1450. The van der Waals surface area contributed by atoms with Crippen molar-refractivity contribution in [3.05, 3.63) is 105 Å². The van der Waals surface area contributed by atoms with Gasteiger partial charge in [0, 0.05) is 24.4 Å². The third-order valence-corrected chi connectivity index (χ3v) is 6.43. The molecular formula is C26H23N5O5S. The normalized spacial score (nSPS) is 11.5. The number of benzene rings is 3. The molecule has 0 fully saturated rings. The number of nitro benzene ring substituents is 1. The number of amides is 1. The largest absolute Gasteiger partial charge is 0.444 e. The molecule has 4 rings (SSSR count). The zero-order chi connectivity index (χ0) is 26.5. The highest BCUT2D eigenvalue weighted by Crippen LogP contribution is 2.34. The minimum atomic E-state index is -1.28. The lowest BCUT2D eigenvalue weighted by Crippen LogP contribution is -2.26. The van der Waals surface area contributed by atoms with Crippen LogP contribution in [0.5, 0.6) is 0 Å². The van der Waals surface area contributed by atoms with E-state index in [1.54, 1.807) is 41.9 Å². The minimum Gasteiger partial charge on any atom is -0.444 e. The van der Waals surface area contributed by atoms with Gasteiger partial charge in [0.05, 0.1) is 15.4 Å². The zero-order valence-corrected chi connectivity index (χ0v) is 21.1. The summed E-state index contributed by atoms with van der Waals surface area (Å²) in [7, 11) is 1.72. The van der Waals surface area contributed by atoms with Gasteiger partial charge < -0.3 is 14.6 Å². The van der Waals surface area contributed by atoms with Gasteiger partial charge >= 0.3 is 5.97 Å². The summed E-state index contributed by atoms with van der Waals surface area (Å²) >= 11 is 1.05. The van der Waals surface area contributed by atoms with Gasteiger partial charge in [0.15, 0.2) is 5.16 Å². The Morgan fingerprint density at radius 1 is 1.05 bits per heavy atom. The van der Waals surface area contributed by atoms with Crippen LogP contribution in [0.4, 0.5) is 11.4 Å². The first-order chi connectivity index (χ1) is 17.7. The fraction of sp³-hybridized carbons (Fsp3) is 0.154. The summed E-state index contributed by atoms with van der Waals surface area (Å²) < 4.78 is 7.23. The van der Waals surface area contributed by atoms with Crippen molar-refractivity contribution in [2.75, 3.05) is 5.32 Å². The highest BCUT2D eigenvalue weighted by molar-refractivity contribution is 7.99. The third kappa shape index (κ3) is 6.19. The Morgan fingerprint density at radius 3 is 2.38 bits per heavy atom. The fourth-order valence-electron chi connectivity index (χ4n) is 3.67. The van der Waals surface area contributed by atoms with Crippen LogP contribution in [-0.4, -0.2) is 31.6 Å². The van der Waals surface area contributed by atoms with E-state index in [9.17, 15) is 19.7 Å². The van der Waals surface area contributed by atoms with Crippen molar-refractivity contribution < 1.29 is 19.2 Å². The number of anilines is 1. The first-order valence-electron chi connectivity index (χ1n) is 11.2. The molecule has 1 amide bonds. The van der Waals surface area contributed by atoms with E-state index < -0.39 is 22.9 Å². The summed E-state index contributed by atoms with van der Waals surface area (Å²) in [4.78, 5) is 37.8. The molecule has 0 aliphatic carbocycles. The molecule has 11 heteroatoms. The van der Waals surface area contributed by atoms with E-state index in [0.29, 0.717) is 16.4 Å². The Balaban J connectivity index is 1.60. The maximum atomic E-state index is 13.2. The molecule has 3 aromatic carbocycles. The molecule has 0 saturated carbocycles. The van der Waals surface area contributed by atoms with Gasteiger partial charge in [-0.3, -0.25) is 14.9 Å². The molecule has 4 aromatic rings. The van der Waals surface area contributed by atoms with E-state index in [1.807, 2.05) is 32.0 Å². The lowest BCUT2D eigenvalue weighted by molar-refractivity contribution is -0.387. The van der Waals surface area contributed by atoms with Crippen LogP contribution in [0.1, 0.15) is 33.2 Å². The van der Waals surface area contributed by atoms with Crippen molar-refractivity contribution in [3.63, 3.8) is 0 Å². The zero-order valence-electron chi connectivity index (χ0n) is 20.2. The number of nitro groups is 1. The summed E-state index contributed by atoms with van der Waals surface area (Å²) in [5.74, 6) is -1.42. The molecule has 0 unspecified atom stereocenters. The quantitative estimate of drug-likeness (QED) is 0.196. The summed E-state index contributed by atoms with van der Waals surface area (Å²) in [5, 5.41) is 22.7. The summed E-state index contributed by atoms with van der Waals surface area (Å²) in [5.41, 5.74) is 2.61. The second kappa shape index (κ2) is 11.0. The van der Waals surface area contributed by atoms with Crippen molar-refractivity contribution in [1.29, 1.82) is 0 Å². The van der Waals surface area contributed by atoms with Crippen molar-refractivity contribution in [3.8, 4) is 0 Å². The van der Waals surface area contributed by atoms with E-state index in [1.165, 1.54) is 18.5 Å². The highest BCUT2D eigenvalue weighted by atomic mass is 32.2. The number of hydrogen-bond donors (Lipinski definition) is 1. The van der Waals surface area contributed by atoms with Crippen LogP contribution in [0.25, 0.3) is 0 Å². The van der Waals surface area contributed by atoms with Crippen LogP contribution >= 0.6 is 11.8 Å². The molecule has 0 aliphatic rings. The number of aryl methyl sites for hydroxylation is 3. The molecular weight excluding hydrogens is 494 g/mol. The fourth-order valence-corrected chi connectivity index (χ4v) is 4.52. The van der Waals surface area contributed by atoms with Gasteiger partial charge in [0.2, 0.25) is 6.10 Å². The maximum absolute atomic E-state index is 13.2. The van der Waals surface area contributed by atoms with E-state index in [4.69, 9.17) is 4.74 Å². The Hall–Kier alpha value is -4.51. The Morgan fingerprint density at radius 2 is 1.76 bits per heavy atom. The van der Waals surface area contributed by atoms with Crippen molar-refractivity contribution in [2.45, 2.75) is 30.0 Å². The van der Waals surface area contributed by atoms with Crippen LogP contribution in [0.15, 0.2) is 83.1 Å². The van der Waals surface area contributed by atoms with Crippen LogP contribution in [-0.2, 0) is 16.6 Å². The van der Waals surface area contributed by atoms with Crippen molar-refractivity contribution in [2.24, 2.45) is 7.05 Å². The number of esters is 1. The smallest absolute Gasteiger partial charge is 0.339 e. The van der Waals surface area contributed by atoms with Crippen molar-refractivity contribution in [1.82, 2.24) is 14.8 Å². The Kier molecular flexibility index (Phi) is 7.63. The standard InChI is InChI=1S/C26H23N5O5S/c1-16-11-17(2)13-20(12-16)28-24(32)23(18-7-5-4-6-8-18)36-25(33)19-9-10-22(21(14-19)31(34)35)37-26-29-27-15-30(26)3/h4-15,23H,1-3H3,(H,28,32)/t23-/m0/s1. The van der Waals surface area contributed by atoms with Gasteiger partial charge in [0.25, 0.3) is 11.6 Å². The predicted octanol–water partition coefficient (Wildman–Crippen LogP) is 5.03. The number of aromatic nitrogens is 3. The number of hydrogen-bond acceptors (Lipinski definition) is 8. The molecule has 1 atom stereocenters. The monoisotopic (exact) mass is 517 g/mol. The number of ether oxygens (including phenoxy) is 1. The number of nitrogens with zero attached hydrogens (tertiary/aromatic N) is 4. The third-order valence-electron chi connectivity index (χ3n) is 5.32. The molecule has 1 N–H and O–H groups in total. The first-order valence-corrected chi connectivity index (χ1v) is 12.0. The van der Waals surface area contributed by atoms with Gasteiger partial charge in [-0.15, -0.1) is 10.2 Å². The van der Waals surface area contributed by atoms with Crippen LogP contribution in [0, 0.1) is 24.0 Å². The van der Waals surface area contributed by atoms with Crippen LogP contribution < -0.4 is 5.32 Å². The maximum Gasteiger partial charge on any atom is 0.339 e. The minimum absolute atomic E-state index is 0.0610. The van der Waals surface area contributed by atoms with Gasteiger partial charge in [-0.1, -0.05) is 36.4 Å². The van der Waals surface area contributed by atoms with Crippen molar-refractivity contribution >= 4 is 35.0 Å². The molecule has 1 heterocycles. The van der Waals surface area contributed by atoms with E-state index in [-0.39, 0.29) is 16.1 Å². The lowest BCUT2D eigenvalue weighted by atomic mass is 10.1. The van der Waals surface area contributed by atoms with E-state index in [0.717, 1.165) is 29.0 Å². The molecule has 1 aromatic heterocycles. The SMILES string of the molecule is Cc1cc(C)cc(NC(=O)[C@@H](OC(=O)c2ccc(Sc3nncn3C)c([N+](=O)[O-])c2)c2ccccc2)c1. The molecule has 0 spiro atoms. The average molecular weight is 518 g/mol. The number of nitrogens with one attached hydrogen (secondary N) is 1. The van der Waals surface area contributed by atoms with Crippen LogP contribution in [0.3, 0.4) is 0 Å². The second-order valence-corrected chi connectivity index (χ2v) is 9.34. The predicted molar refractivity (Wildman–Crippen MR) is 137 cm³/mol. The second-order valence-electron chi connectivity index (χ2n) is 8.33. The molecule has 0 saturated heterocycles.